The first kappa shape index (κ1) is 16.1. The van der Waals surface area contributed by atoms with Crippen molar-refractivity contribution in [3.63, 3.8) is 0 Å². The van der Waals surface area contributed by atoms with Gasteiger partial charge in [-0.15, -0.1) is 0 Å². The maximum atomic E-state index is 14.1. The molecule has 0 bridgehead atoms. The van der Waals surface area contributed by atoms with E-state index in [9.17, 15) is 4.39 Å². The lowest BCUT2D eigenvalue weighted by Gasteiger charge is -2.11. The van der Waals surface area contributed by atoms with Crippen LogP contribution in [0.15, 0.2) is 30.5 Å². The van der Waals surface area contributed by atoms with Gasteiger partial charge in [0.2, 0.25) is 0 Å². The molecule has 0 saturated heterocycles. The van der Waals surface area contributed by atoms with Gasteiger partial charge in [0.25, 0.3) is 0 Å². The molecule has 4 nitrogen and oxygen atoms in total. The van der Waals surface area contributed by atoms with E-state index in [0.29, 0.717) is 0 Å². The minimum absolute atomic E-state index is 0.0747. The van der Waals surface area contributed by atoms with Gasteiger partial charge in [-0.3, -0.25) is 0 Å². The Morgan fingerprint density at radius 1 is 1.32 bits per heavy atom. The molecule has 1 N–H and O–H groups in total. The van der Waals surface area contributed by atoms with Crippen molar-refractivity contribution in [2.24, 2.45) is 0 Å². The van der Waals surface area contributed by atoms with Crippen molar-refractivity contribution in [2.45, 2.75) is 6.42 Å². The summed E-state index contributed by atoms with van der Waals surface area (Å²) in [5.74, 6) is -0.143. The average molecular weight is 317 g/mol. The predicted molar refractivity (Wildman–Crippen MR) is 85.1 cm³/mol. The Morgan fingerprint density at radius 3 is 2.73 bits per heavy atom. The fraction of sp³-hybridized carbons (Fsp3) is 0.250. The van der Waals surface area contributed by atoms with Gasteiger partial charge in [0.15, 0.2) is 11.6 Å². The van der Waals surface area contributed by atoms with Gasteiger partial charge in [0.05, 0.1) is 0 Å². The number of nitriles is 1. The highest BCUT2D eigenvalue weighted by molar-refractivity contribution is 7.71. The van der Waals surface area contributed by atoms with E-state index >= 15 is 0 Å². The normalized spacial score (nSPS) is 10.5. The summed E-state index contributed by atoms with van der Waals surface area (Å²) in [7, 11) is 3.94. The number of hydrogen-bond acceptors (Lipinski definition) is 4. The van der Waals surface area contributed by atoms with E-state index in [4.69, 9.17) is 22.2 Å². The molecule has 114 valence electrons. The lowest BCUT2D eigenvalue weighted by molar-refractivity contribution is 0.412. The molecule has 2 rings (SSSR count). The molecule has 0 fully saturated rings. The summed E-state index contributed by atoms with van der Waals surface area (Å²) in [6, 6.07) is 8.35. The van der Waals surface area contributed by atoms with Crippen LogP contribution >= 0.6 is 12.2 Å². The first-order valence-electron chi connectivity index (χ1n) is 6.74. The molecule has 0 radical (unpaired) electrons. The molecule has 0 aliphatic heterocycles. The van der Waals surface area contributed by atoms with Crippen LogP contribution in [0, 0.1) is 21.8 Å². The van der Waals surface area contributed by atoms with Gasteiger partial charge in [-0.25, -0.2) is 4.39 Å². The summed E-state index contributed by atoms with van der Waals surface area (Å²) in [4.78, 5) is 4.78. The molecule has 1 heterocycles. The Balaban J connectivity index is 2.23. The Labute approximate surface area is 133 Å². The number of nitrogens with zero attached hydrogens (tertiary/aromatic N) is 2. The molecule has 2 aromatic rings. The van der Waals surface area contributed by atoms with E-state index < -0.39 is 5.82 Å². The summed E-state index contributed by atoms with van der Waals surface area (Å²) >= 11 is 5.01. The number of nitrogens with one attached hydrogen (secondary N) is 1. The first-order chi connectivity index (χ1) is 10.5. The molecule has 0 aliphatic rings. The summed E-state index contributed by atoms with van der Waals surface area (Å²) in [5.41, 5.74) is 1.08. The van der Waals surface area contributed by atoms with Gasteiger partial charge in [-0.2, -0.15) is 5.26 Å². The summed E-state index contributed by atoms with van der Waals surface area (Å²) < 4.78 is 19.9. The quantitative estimate of drug-likeness (QED) is 0.855. The molecule has 22 heavy (non-hydrogen) atoms. The molecule has 0 aliphatic carbocycles. The van der Waals surface area contributed by atoms with Crippen molar-refractivity contribution in [3.8, 4) is 17.6 Å². The van der Waals surface area contributed by atoms with Crippen molar-refractivity contribution < 1.29 is 9.13 Å². The molecule has 0 atom stereocenters. The van der Waals surface area contributed by atoms with Gasteiger partial charge >= 0.3 is 0 Å². The second kappa shape index (κ2) is 7.16. The van der Waals surface area contributed by atoms with Crippen LogP contribution in [0.25, 0.3) is 0 Å². The number of aromatic nitrogens is 1. The Hall–Kier alpha value is -2.23. The number of hydrogen-bond donors (Lipinski definition) is 1. The molecular weight excluding hydrogens is 301 g/mol. The van der Waals surface area contributed by atoms with Gasteiger partial charge in [0, 0.05) is 12.7 Å². The minimum atomic E-state index is -0.459. The second-order valence-corrected chi connectivity index (χ2v) is 5.49. The van der Waals surface area contributed by atoms with Crippen LogP contribution in [0.5, 0.6) is 11.5 Å². The Kier molecular flexibility index (Phi) is 5.26. The topological polar surface area (TPSA) is 52.0 Å². The van der Waals surface area contributed by atoms with Crippen LogP contribution in [0.1, 0.15) is 11.1 Å². The standard InChI is InChI=1S/C16H16FN3OS/c1-20(2)8-6-11-3-4-15(13(17)9-11)21-14-5-7-19-16(22)12(14)10-18/h3-5,7,9H,6,8H2,1-2H3,(H,19,22). The van der Waals surface area contributed by atoms with Crippen molar-refractivity contribution >= 4 is 12.2 Å². The summed E-state index contributed by atoms with van der Waals surface area (Å²) in [6.07, 6.45) is 2.31. The number of benzene rings is 1. The van der Waals surface area contributed by atoms with Gasteiger partial charge in [-0.05, 0) is 44.3 Å². The number of aromatic amines is 1. The van der Waals surface area contributed by atoms with E-state index in [1.165, 1.54) is 6.07 Å². The molecular formula is C16H16FN3OS. The highest BCUT2D eigenvalue weighted by Crippen LogP contribution is 2.27. The third-order valence-electron chi connectivity index (χ3n) is 3.10. The average Bonchev–Trinajstić information content (AvgIpc) is 2.48. The van der Waals surface area contributed by atoms with Gasteiger partial charge in [-0.1, -0.05) is 18.3 Å². The van der Waals surface area contributed by atoms with Crippen LogP contribution in [0.2, 0.25) is 0 Å². The van der Waals surface area contributed by atoms with E-state index in [1.807, 2.05) is 31.1 Å². The van der Waals surface area contributed by atoms with Gasteiger partial charge < -0.3 is 14.6 Å². The molecule has 0 saturated carbocycles. The van der Waals surface area contributed by atoms with Crippen LogP contribution in [0.4, 0.5) is 4.39 Å². The first-order valence-corrected chi connectivity index (χ1v) is 7.15. The van der Waals surface area contributed by atoms with Crippen molar-refractivity contribution in [3.05, 3.63) is 52.0 Å². The molecule has 0 spiro atoms. The largest absolute Gasteiger partial charge is 0.453 e. The lowest BCUT2D eigenvalue weighted by atomic mass is 10.1. The third kappa shape index (κ3) is 3.91. The van der Waals surface area contributed by atoms with Gasteiger partial charge in [0.1, 0.15) is 22.0 Å². The third-order valence-corrected chi connectivity index (χ3v) is 3.42. The van der Waals surface area contributed by atoms with E-state index in [2.05, 4.69) is 4.98 Å². The minimum Gasteiger partial charge on any atom is -0.453 e. The number of halogens is 1. The Bertz CT molecular complexity index is 765. The molecule has 6 heteroatoms. The molecule has 0 unspecified atom stereocenters. The van der Waals surface area contributed by atoms with Crippen molar-refractivity contribution in [1.82, 2.24) is 9.88 Å². The summed E-state index contributed by atoms with van der Waals surface area (Å²) in [6.45, 7) is 0.839. The van der Waals surface area contributed by atoms with Crippen molar-refractivity contribution in [1.29, 1.82) is 5.26 Å². The fourth-order valence-electron chi connectivity index (χ4n) is 1.91. The fourth-order valence-corrected chi connectivity index (χ4v) is 2.12. The number of ether oxygens (including phenoxy) is 1. The SMILES string of the molecule is CN(C)CCc1ccc(Oc2cc[nH]c(=S)c2C#N)c(F)c1. The van der Waals surface area contributed by atoms with E-state index in [-0.39, 0.29) is 21.7 Å². The molecule has 1 aromatic carbocycles. The smallest absolute Gasteiger partial charge is 0.165 e. The maximum absolute atomic E-state index is 14.1. The zero-order valence-electron chi connectivity index (χ0n) is 12.4. The molecule has 0 amide bonds. The lowest BCUT2D eigenvalue weighted by Crippen LogP contribution is -2.15. The monoisotopic (exact) mass is 317 g/mol. The van der Waals surface area contributed by atoms with Crippen LogP contribution in [0.3, 0.4) is 0 Å². The predicted octanol–water partition coefficient (Wildman–Crippen LogP) is 3.65. The zero-order chi connectivity index (χ0) is 16.1. The van der Waals surface area contributed by atoms with Crippen molar-refractivity contribution in [2.75, 3.05) is 20.6 Å². The Morgan fingerprint density at radius 2 is 2.09 bits per heavy atom. The zero-order valence-corrected chi connectivity index (χ0v) is 13.2. The number of rotatable bonds is 5. The number of H-pyrrole nitrogens is 1. The number of likely N-dealkylation sites (N-methyl/N-ethyl adjacent to an activating group) is 1. The number of pyridine rings is 1. The highest BCUT2D eigenvalue weighted by Gasteiger charge is 2.10. The van der Waals surface area contributed by atoms with Crippen LogP contribution in [-0.2, 0) is 6.42 Å². The highest BCUT2D eigenvalue weighted by atomic mass is 32.1. The second-order valence-electron chi connectivity index (χ2n) is 5.08. The van der Waals surface area contributed by atoms with Crippen LogP contribution < -0.4 is 4.74 Å². The van der Waals surface area contributed by atoms with E-state index in [0.717, 1.165) is 18.5 Å². The molecule has 1 aromatic heterocycles. The maximum Gasteiger partial charge on any atom is 0.165 e. The van der Waals surface area contributed by atoms with E-state index in [1.54, 1.807) is 18.3 Å². The van der Waals surface area contributed by atoms with Crippen LogP contribution in [-0.4, -0.2) is 30.5 Å². The summed E-state index contributed by atoms with van der Waals surface area (Å²) in [5, 5.41) is 9.10.